The highest BCUT2D eigenvalue weighted by molar-refractivity contribution is 5.82. The minimum absolute atomic E-state index is 0.132. The third-order valence-electron chi connectivity index (χ3n) is 3.30. The van der Waals surface area contributed by atoms with Gasteiger partial charge < -0.3 is 15.7 Å². The van der Waals surface area contributed by atoms with Gasteiger partial charge in [0.1, 0.15) is 6.04 Å². The quantitative estimate of drug-likeness (QED) is 0.742. The van der Waals surface area contributed by atoms with Crippen molar-refractivity contribution >= 4 is 12.0 Å². The molecule has 0 radical (unpaired) electrons. The molecule has 6 nitrogen and oxygen atoms in total. The van der Waals surface area contributed by atoms with E-state index in [9.17, 15) is 9.59 Å². The number of hydrogen-bond donors (Lipinski definition) is 3. The first-order valence-corrected chi connectivity index (χ1v) is 6.65. The Hall–Kier alpha value is -2.11. The fraction of sp³-hybridized carbons (Fsp3) is 0.500. The fourth-order valence-corrected chi connectivity index (χ4v) is 1.78. The van der Waals surface area contributed by atoms with Crippen molar-refractivity contribution in [1.29, 1.82) is 0 Å². The number of aliphatic carboxylic acids is 1. The van der Waals surface area contributed by atoms with Crippen LogP contribution in [0.25, 0.3) is 0 Å². The molecule has 0 aliphatic rings. The molecule has 3 unspecified atom stereocenters. The van der Waals surface area contributed by atoms with E-state index < -0.39 is 18.0 Å². The van der Waals surface area contributed by atoms with Crippen LogP contribution in [-0.4, -0.2) is 28.1 Å². The third kappa shape index (κ3) is 4.53. The summed E-state index contributed by atoms with van der Waals surface area (Å²) in [6, 6.07) is 2.01. The van der Waals surface area contributed by atoms with E-state index in [4.69, 9.17) is 5.11 Å². The van der Waals surface area contributed by atoms with Crippen LogP contribution in [0.15, 0.2) is 24.5 Å². The SMILES string of the molecule is CCC(C)C(NC(=O)NC(C)c1cccnc1)C(=O)O. The van der Waals surface area contributed by atoms with Gasteiger partial charge in [-0.3, -0.25) is 4.98 Å². The predicted molar refractivity (Wildman–Crippen MR) is 75.2 cm³/mol. The average molecular weight is 279 g/mol. The Balaban J connectivity index is 2.60. The molecule has 1 heterocycles. The van der Waals surface area contributed by atoms with E-state index >= 15 is 0 Å². The van der Waals surface area contributed by atoms with Gasteiger partial charge in [0.15, 0.2) is 0 Å². The Morgan fingerprint density at radius 2 is 2.05 bits per heavy atom. The molecule has 0 saturated heterocycles. The minimum atomic E-state index is -1.02. The van der Waals surface area contributed by atoms with Crippen molar-refractivity contribution in [3.8, 4) is 0 Å². The standard InChI is InChI=1S/C14H21N3O3/c1-4-9(2)12(13(18)19)17-14(20)16-10(3)11-6-5-7-15-8-11/h5-10,12H,4H2,1-3H3,(H,18,19)(H2,16,17,20). The van der Waals surface area contributed by atoms with Gasteiger partial charge in [-0.2, -0.15) is 0 Å². The van der Waals surface area contributed by atoms with Crippen molar-refractivity contribution in [3.63, 3.8) is 0 Å². The van der Waals surface area contributed by atoms with Gasteiger partial charge in [-0.1, -0.05) is 26.3 Å². The summed E-state index contributed by atoms with van der Waals surface area (Å²) in [4.78, 5) is 27.0. The largest absolute Gasteiger partial charge is 0.480 e. The highest BCUT2D eigenvalue weighted by atomic mass is 16.4. The number of carbonyl (C=O) groups is 2. The molecule has 6 heteroatoms. The van der Waals surface area contributed by atoms with E-state index in [-0.39, 0.29) is 12.0 Å². The molecular weight excluding hydrogens is 258 g/mol. The molecular formula is C14H21N3O3. The van der Waals surface area contributed by atoms with E-state index in [1.165, 1.54) is 0 Å². The average Bonchev–Trinajstić information content (AvgIpc) is 2.44. The number of rotatable bonds is 6. The zero-order valence-electron chi connectivity index (χ0n) is 12.0. The first-order valence-electron chi connectivity index (χ1n) is 6.65. The smallest absolute Gasteiger partial charge is 0.326 e. The summed E-state index contributed by atoms with van der Waals surface area (Å²) < 4.78 is 0. The Morgan fingerprint density at radius 1 is 1.35 bits per heavy atom. The summed E-state index contributed by atoms with van der Waals surface area (Å²) in [5, 5.41) is 14.3. The molecule has 2 amide bonds. The molecule has 110 valence electrons. The number of amides is 2. The summed E-state index contributed by atoms with van der Waals surface area (Å²) in [5.41, 5.74) is 0.859. The molecule has 0 aliphatic heterocycles. The highest BCUT2D eigenvalue weighted by Gasteiger charge is 2.25. The molecule has 0 fully saturated rings. The van der Waals surface area contributed by atoms with Crippen molar-refractivity contribution in [3.05, 3.63) is 30.1 Å². The van der Waals surface area contributed by atoms with Gasteiger partial charge in [-0.15, -0.1) is 0 Å². The number of carbonyl (C=O) groups excluding carboxylic acids is 1. The van der Waals surface area contributed by atoms with Crippen LogP contribution in [0, 0.1) is 5.92 Å². The number of carboxylic acids is 1. The normalized spacial score (nSPS) is 14.9. The van der Waals surface area contributed by atoms with Gasteiger partial charge in [0.05, 0.1) is 6.04 Å². The Morgan fingerprint density at radius 3 is 2.55 bits per heavy atom. The lowest BCUT2D eigenvalue weighted by atomic mass is 9.99. The molecule has 0 bridgehead atoms. The van der Waals surface area contributed by atoms with E-state index in [2.05, 4.69) is 15.6 Å². The summed E-state index contributed by atoms with van der Waals surface area (Å²) in [7, 11) is 0. The summed E-state index contributed by atoms with van der Waals surface area (Å²) in [6.07, 6.45) is 3.99. The highest BCUT2D eigenvalue weighted by Crippen LogP contribution is 2.11. The first-order chi connectivity index (χ1) is 9.45. The number of pyridine rings is 1. The Labute approximate surface area is 118 Å². The van der Waals surface area contributed by atoms with Crippen molar-refractivity contribution in [2.24, 2.45) is 5.92 Å². The van der Waals surface area contributed by atoms with Crippen LogP contribution in [0.4, 0.5) is 4.79 Å². The lowest BCUT2D eigenvalue weighted by Crippen LogP contribution is -2.49. The van der Waals surface area contributed by atoms with Crippen LogP contribution >= 0.6 is 0 Å². The Bertz CT molecular complexity index is 450. The number of urea groups is 1. The molecule has 1 aromatic heterocycles. The molecule has 1 aromatic rings. The second-order valence-corrected chi connectivity index (χ2v) is 4.83. The second-order valence-electron chi connectivity index (χ2n) is 4.83. The van der Waals surface area contributed by atoms with Crippen LogP contribution in [-0.2, 0) is 4.79 Å². The maximum Gasteiger partial charge on any atom is 0.326 e. The van der Waals surface area contributed by atoms with Crippen LogP contribution < -0.4 is 10.6 Å². The maximum atomic E-state index is 11.9. The maximum absolute atomic E-state index is 11.9. The molecule has 20 heavy (non-hydrogen) atoms. The number of nitrogens with zero attached hydrogens (tertiary/aromatic N) is 1. The molecule has 1 rings (SSSR count). The zero-order chi connectivity index (χ0) is 15.1. The van der Waals surface area contributed by atoms with E-state index in [1.54, 1.807) is 25.4 Å². The van der Waals surface area contributed by atoms with Gasteiger partial charge >= 0.3 is 12.0 Å². The molecule has 0 saturated carbocycles. The fourth-order valence-electron chi connectivity index (χ4n) is 1.78. The van der Waals surface area contributed by atoms with Gasteiger partial charge in [-0.05, 0) is 24.5 Å². The van der Waals surface area contributed by atoms with Gasteiger partial charge in [-0.25, -0.2) is 9.59 Å². The minimum Gasteiger partial charge on any atom is -0.480 e. The molecule has 0 spiro atoms. The van der Waals surface area contributed by atoms with Crippen LogP contribution in [0.3, 0.4) is 0 Å². The van der Waals surface area contributed by atoms with Crippen molar-refractivity contribution in [1.82, 2.24) is 15.6 Å². The zero-order valence-corrected chi connectivity index (χ0v) is 12.0. The summed E-state index contributed by atoms with van der Waals surface area (Å²) in [6.45, 7) is 5.50. The number of aromatic nitrogens is 1. The predicted octanol–water partition coefficient (Wildman–Crippen LogP) is 1.94. The van der Waals surface area contributed by atoms with Gasteiger partial charge in [0, 0.05) is 12.4 Å². The number of carboxylic acid groups (broad SMARTS) is 1. The third-order valence-corrected chi connectivity index (χ3v) is 3.30. The lowest BCUT2D eigenvalue weighted by Gasteiger charge is -2.22. The number of nitrogens with one attached hydrogen (secondary N) is 2. The molecule has 3 N–H and O–H groups in total. The topological polar surface area (TPSA) is 91.3 Å². The van der Waals surface area contributed by atoms with Crippen LogP contribution in [0.5, 0.6) is 0 Å². The van der Waals surface area contributed by atoms with E-state index in [0.717, 1.165) is 5.56 Å². The summed E-state index contributed by atoms with van der Waals surface area (Å²) >= 11 is 0. The van der Waals surface area contributed by atoms with Gasteiger partial charge in [0.25, 0.3) is 0 Å². The lowest BCUT2D eigenvalue weighted by molar-refractivity contribution is -0.140. The molecule has 0 aromatic carbocycles. The molecule has 0 aliphatic carbocycles. The monoisotopic (exact) mass is 279 g/mol. The van der Waals surface area contributed by atoms with E-state index in [1.807, 2.05) is 19.9 Å². The van der Waals surface area contributed by atoms with Crippen LogP contribution in [0.1, 0.15) is 38.8 Å². The first kappa shape index (κ1) is 15.9. The van der Waals surface area contributed by atoms with Crippen molar-refractivity contribution in [2.45, 2.75) is 39.3 Å². The van der Waals surface area contributed by atoms with Crippen LogP contribution in [0.2, 0.25) is 0 Å². The Kier molecular flexibility index (Phi) is 5.96. The molecule has 3 atom stereocenters. The number of hydrogen-bond acceptors (Lipinski definition) is 3. The second kappa shape index (κ2) is 7.47. The van der Waals surface area contributed by atoms with E-state index in [0.29, 0.717) is 6.42 Å². The van der Waals surface area contributed by atoms with Crippen molar-refractivity contribution < 1.29 is 14.7 Å². The van der Waals surface area contributed by atoms with Crippen molar-refractivity contribution in [2.75, 3.05) is 0 Å². The van der Waals surface area contributed by atoms with Gasteiger partial charge in [0.2, 0.25) is 0 Å². The summed E-state index contributed by atoms with van der Waals surface area (Å²) in [5.74, 6) is -1.16.